The highest BCUT2D eigenvalue weighted by molar-refractivity contribution is 5.67. The molecule has 2 aromatic rings. The Morgan fingerprint density at radius 1 is 1.44 bits per heavy atom. The zero-order valence-corrected chi connectivity index (χ0v) is 15.2. The molecule has 0 fully saturated rings. The SMILES string of the molecule is CN(C[C@H]1OCCc2c1cccc2-n1ccnc1)C(=O)OC(C)(C)C. The van der Waals surface area contributed by atoms with E-state index >= 15 is 0 Å². The van der Waals surface area contributed by atoms with Crippen LogP contribution in [-0.2, 0) is 15.9 Å². The molecule has 0 spiro atoms. The van der Waals surface area contributed by atoms with Gasteiger partial charge in [-0.05, 0) is 44.4 Å². The van der Waals surface area contributed by atoms with E-state index in [0.717, 1.165) is 17.7 Å². The fourth-order valence-corrected chi connectivity index (χ4v) is 3.02. The van der Waals surface area contributed by atoms with Crippen LogP contribution in [0.4, 0.5) is 4.79 Å². The molecule has 0 N–H and O–H groups in total. The number of imidazole rings is 1. The number of carbonyl (C=O) groups excluding carboxylic acids is 1. The van der Waals surface area contributed by atoms with Gasteiger partial charge in [-0.25, -0.2) is 9.78 Å². The van der Waals surface area contributed by atoms with E-state index < -0.39 is 5.60 Å². The van der Waals surface area contributed by atoms with E-state index in [0.29, 0.717) is 13.2 Å². The summed E-state index contributed by atoms with van der Waals surface area (Å²) in [5, 5.41) is 0. The summed E-state index contributed by atoms with van der Waals surface area (Å²) in [4.78, 5) is 17.9. The predicted molar refractivity (Wildman–Crippen MR) is 94.8 cm³/mol. The number of hydrogen-bond donors (Lipinski definition) is 0. The Morgan fingerprint density at radius 3 is 2.92 bits per heavy atom. The number of benzene rings is 1. The summed E-state index contributed by atoms with van der Waals surface area (Å²) < 4.78 is 13.4. The molecular formula is C19H25N3O3. The van der Waals surface area contributed by atoms with Crippen LogP contribution in [0.3, 0.4) is 0 Å². The number of aromatic nitrogens is 2. The Morgan fingerprint density at radius 2 is 2.24 bits per heavy atom. The van der Waals surface area contributed by atoms with Gasteiger partial charge in [0.15, 0.2) is 0 Å². The second-order valence-corrected chi connectivity index (χ2v) is 7.29. The molecule has 0 bridgehead atoms. The third kappa shape index (κ3) is 4.02. The molecule has 1 aliphatic rings. The number of hydrogen-bond acceptors (Lipinski definition) is 4. The van der Waals surface area contributed by atoms with Gasteiger partial charge in [0.25, 0.3) is 0 Å². The van der Waals surface area contributed by atoms with E-state index in [4.69, 9.17) is 9.47 Å². The van der Waals surface area contributed by atoms with Gasteiger partial charge in [-0.2, -0.15) is 0 Å². The van der Waals surface area contributed by atoms with Crippen molar-refractivity contribution in [1.29, 1.82) is 0 Å². The van der Waals surface area contributed by atoms with Crippen molar-refractivity contribution >= 4 is 6.09 Å². The maximum absolute atomic E-state index is 12.2. The number of ether oxygens (including phenoxy) is 2. The summed E-state index contributed by atoms with van der Waals surface area (Å²) in [7, 11) is 1.74. The van der Waals surface area contributed by atoms with Gasteiger partial charge in [0, 0.05) is 19.4 Å². The molecule has 1 aromatic carbocycles. The molecule has 1 aliphatic heterocycles. The smallest absolute Gasteiger partial charge is 0.410 e. The lowest BCUT2D eigenvalue weighted by Crippen LogP contribution is -2.38. The van der Waals surface area contributed by atoms with Gasteiger partial charge in [0.05, 0.1) is 25.2 Å². The molecule has 134 valence electrons. The quantitative estimate of drug-likeness (QED) is 0.857. The Labute approximate surface area is 148 Å². The highest BCUT2D eigenvalue weighted by atomic mass is 16.6. The first-order chi connectivity index (χ1) is 11.8. The summed E-state index contributed by atoms with van der Waals surface area (Å²) in [5.41, 5.74) is 2.97. The van der Waals surface area contributed by atoms with Crippen LogP contribution in [0.5, 0.6) is 0 Å². The summed E-state index contributed by atoms with van der Waals surface area (Å²) in [6.07, 6.45) is 5.85. The largest absolute Gasteiger partial charge is 0.444 e. The van der Waals surface area contributed by atoms with E-state index in [9.17, 15) is 4.79 Å². The summed E-state index contributed by atoms with van der Waals surface area (Å²) >= 11 is 0. The van der Waals surface area contributed by atoms with Crippen LogP contribution in [0.25, 0.3) is 5.69 Å². The van der Waals surface area contributed by atoms with Gasteiger partial charge >= 0.3 is 6.09 Å². The number of nitrogens with zero attached hydrogens (tertiary/aromatic N) is 3. The molecule has 6 nitrogen and oxygen atoms in total. The maximum Gasteiger partial charge on any atom is 0.410 e. The maximum atomic E-state index is 12.2. The number of amides is 1. The molecule has 1 aromatic heterocycles. The summed E-state index contributed by atoms with van der Waals surface area (Å²) in [5.74, 6) is 0. The molecule has 2 heterocycles. The standard InChI is InChI=1S/C19H25N3O3/c1-19(2,3)25-18(23)21(4)12-17-15-6-5-7-16(14(15)8-11-24-17)22-10-9-20-13-22/h5-7,9-10,13,17H,8,11-12H2,1-4H3/t17-/m1/s1. The summed E-state index contributed by atoms with van der Waals surface area (Å²) in [6.45, 7) is 6.68. The normalized spacial score (nSPS) is 17.0. The zero-order valence-electron chi connectivity index (χ0n) is 15.2. The third-order valence-electron chi connectivity index (χ3n) is 4.13. The summed E-state index contributed by atoms with van der Waals surface area (Å²) in [6, 6.07) is 6.17. The van der Waals surface area contributed by atoms with E-state index in [-0.39, 0.29) is 12.2 Å². The van der Waals surface area contributed by atoms with Crippen molar-refractivity contribution in [3.05, 3.63) is 48.0 Å². The molecule has 6 heteroatoms. The minimum Gasteiger partial charge on any atom is -0.444 e. The van der Waals surface area contributed by atoms with Crippen LogP contribution < -0.4 is 0 Å². The van der Waals surface area contributed by atoms with Crippen LogP contribution in [0.2, 0.25) is 0 Å². The van der Waals surface area contributed by atoms with E-state index in [2.05, 4.69) is 17.1 Å². The van der Waals surface area contributed by atoms with Crippen molar-refractivity contribution < 1.29 is 14.3 Å². The van der Waals surface area contributed by atoms with Crippen molar-refractivity contribution in [2.24, 2.45) is 0 Å². The molecule has 25 heavy (non-hydrogen) atoms. The fraction of sp³-hybridized carbons (Fsp3) is 0.474. The number of rotatable bonds is 3. The van der Waals surface area contributed by atoms with Crippen LogP contribution in [0.1, 0.15) is 38.0 Å². The molecule has 0 saturated carbocycles. The predicted octanol–water partition coefficient (Wildman–Crippen LogP) is 3.35. The average molecular weight is 343 g/mol. The van der Waals surface area contributed by atoms with Crippen molar-refractivity contribution in [1.82, 2.24) is 14.5 Å². The van der Waals surface area contributed by atoms with Crippen LogP contribution in [0.15, 0.2) is 36.9 Å². The van der Waals surface area contributed by atoms with Crippen molar-refractivity contribution in [3.63, 3.8) is 0 Å². The molecule has 0 unspecified atom stereocenters. The first-order valence-corrected chi connectivity index (χ1v) is 8.51. The monoisotopic (exact) mass is 343 g/mol. The lowest BCUT2D eigenvalue weighted by atomic mass is 9.95. The lowest BCUT2D eigenvalue weighted by molar-refractivity contribution is -0.00164. The Hall–Kier alpha value is -2.34. The minimum absolute atomic E-state index is 0.162. The first-order valence-electron chi connectivity index (χ1n) is 8.51. The van der Waals surface area contributed by atoms with Gasteiger partial charge < -0.3 is 18.9 Å². The van der Waals surface area contributed by atoms with E-state index in [1.54, 1.807) is 24.5 Å². The molecule has 1 amide bonds. The van der Waals surface area contributed by atoms with E-state index in [1.807, 2.05) is 37.6 Å². The van der Waals surface area contributed by atoms with Gasteiger partial charge in [-0.1, -0.05) is 12.1 Å². The highest BCUT2D eigenvalue weighted by Crippen LogP contribution is 2.31. The molecule has 3 rings (SSSR count). The number of likely N-dealkylation sites (N-methyl/N-ethyl adjacent to an activating group) is 1. The van der Waals surface area contributed by atoms with Crippen molar-refractivity contribution in [3.8, 4) is 5.69 Å². The van der Waals surface area contributed by atoms with Gasteiger partial charge in [0.2, 0.25) is 0 Å². The number of fused-ring (bicyclic) bond motifs is 1. The highest BCUT2D eigenvalue weighted by Gasteiger charge is 2.27. The Kier molecular flexibility index (Phi) is 4.81. The lowest BCUT2D eigenvalue weighted by Gasteiger charge is -2.31. The molecular weight excluding hydrogens is 318 g/mol. The minimum atomic E-state index is -0.509. The van der Waals surface area contributed by atoms with Crippen molar-refractivity contribution in [2.75, 3.05) is 20.2 Å². The fourth-order valence-electron chi connectivity index (χ4n) is 3.02. The van der Waals surface area contributed by atoms with Gasteiger partial charge in [-0.15, -0.1) is 0 Å². The second-order valence-electron chi connectivity index (χ2n) is 7.29. The zero-order chi connectivity index (χ0) is 18.0. The molecule has 1 atom stereocenters. The van der Waals surface area contributed by atoms with Crippen molar-refractivity contribution in [2.45, 2.75) is 38.9 Å². The van der Waals surface area contributed by atoms with Crippen LogP contribution in [-0.4, -0.2) is 46.3 Å². The van der Waals surface area contributed by atoms with Gasteiger partial charge in [-0.3, -0.25) is 0 Å². The van der Waals surface area contributed by atoms with Crippen LogP contribution >= 0.6 is 0 Å². The van der Waals surface area contributed by atoms with Crippen LogP contribution in [0, 0.1) is 0 Å². The molecule has 0 aliphatic carbocycles. The third-order valence-corrected chi connectivity index (χ3v) is 4.13. The second kappa shape index (κ2) is 6.88. The first kappa shape index (κ1) is 17.5. The Balaban J connectivity index is 1.80. The molecule has 0 saturated heterocycles. The topological polar surface area (TPSA) is 56.6 Å². The number of carbonyl (C=O) groups is 1. The molecule has 0 radical (unpaired) electrons. The average Bonchev–Trinajstić information content (AvgIpc) is 3.07. The Bertz CT molecular complexity index is 735. The van der Waals surface area contributed by atoms with Gasteiger partial charge in [0.1, 0.15) is 11.7 Å². The van der Waals surface area contributed by atoms with E-state index in [1.165, 1.54) is 5.56 Å².